The number of ether oxygens (including phenoxy) is 3. The monoisotopic (exact) mass is 774 g/mol. The lowest BCUT2D eigenvalue weighted by atomic mass is 10.2. The third-order valence-electron chi connectivity index (χ3n) is 6.07. The predicted molar refractivity (Wildman–Crippen MR) is 200 cm³/mol. The number of hydrogen-bond acceptors (Lipinski definition) is 11. The number of esters is 3. The standard InChI is InChI=1S/C18H14O6.C11H10O4.C7H6O3.C4H5ClO/c1-11(2)17(21)23-14-9-5-13(6-10-14)18(22)24-15-7-3-12(4-8-15)16(19)20;1-7(2)11(14)15-9-5-3-8(4-6-9)10(12)13;8-6-3-1-5(2-4-6)7(9)10;1-3(2)4(5)6/h3-10H,1H2,2H3,(H,19,20);3-6H,1H2,2H3,(H,12,13);1-4,8H,(H,9,10);1H2,2H3. The van der Waals surface area contributed by atoms with Crippen molar-refractivity contribution >= 4 is 52.7 Å². The molecule has 286 valence electrons. The van der Waals surface area contributed by atoms with Crippen LogP contribution in [-0.2, 0) is 14.4 Å². The molecule has 0 aliphatic heterocycles. The molecule has 0 spiro atoms. The Labute approximate surface area is 319 Å². The Morgan fingerprint density at radius 1 is 0.455 bits per heavy atom. The summed E-state index contributed by atoms with van der Waals surface area (Å²) in [5.41, 5.74) is 1.62. The van der Waals surface area contributed by atoms with Crippen molar-refractivity contribution in [1.29, 1.82) is 0 Å². The molecule has 15 heteroatoms. The SMILES string of the molecule is C=C(C)C(=O)Cl.C=C(C)C(=O)Oc1ccc(C(=O)O)cc1.C=C(C)C(=O)Oc1ccc(C(=O)Oc2ccc(C(=O)O)cc2)cc1.O=C(O)c1ccc(O)cc1. The Balaban J connectivity index is 0.000000414. The Hall–Kier alpha value is -7.32. The molecule has 55 heavy (non-hydrogen) atoms. The highest BCUT2D eigenvalue weighted by molar-refractivity contribution is 6.67. The summed E-state index contributed by atoms with van der Waals surface area (Å²) in [6, 6.07) is 22.2. The molecular weight excluding hydrogens is 740 g/mol. The van der Waals surface area contributed by atoms with Crippen LogP contribution in [0.5, 0.6) is 23.0 Å². The fourth-order valence-electron chi connectivity index (χ4n) is 3.15. The topological polar surface area (TPSA) is 228 Å². The number of phenols is 1. The van der Waals surface area contributed by atoms with Gasteiger partial charge in [-0.15, -0.1) is 0 Å². The van der Waals surface area contributed by atoms with E-state index in [-0.39, 0.29) is 50.6 Å². The highest BCUT2D eigenvalue weighted by Gasteiger charge is 2.12. The molecule has 14 nitrogen and oxygen atoms in total. The average Bonchev–Trinajstić information content (AvgIpc) is 3.13. The maximum atomic E-state index is 12.0. The third-order valence-corrected chi connectivity index (χ3v) is 6.39. The van der Waals surface area contributed by atoms with Gasteiger partial charge in [-0.1, -0.05) is 19.7 Å². The smallest absolute Gasteiger partial charge is 0.343 e. The zero-order valence-electron chi connectivity index (χ0n) is 29.6. The van der Waals surface area contributed by atoms with E-state index in [9.17, 15) is 33.6 Å². The quantitative estimate of drug-likeness (QED) is 0.0534. The van der Waals surface area contributed by atoms with Gasteiger partial charge in [-0.25, -0.2) is 28.8 Å². The van der Waals surface area contributed by atoms with E-state index in [4.69, 9.17) is 46.2 Å². The first-order valence-corrected chi connectivity index (χ1v) is 15.7. The largest absolute Gasteiger partial charge is 0.508 e. The number of carbonyl (C=O) groups is 7. The van der Waals surface area contributed by atoms with Gasteiger partial charge in [0.25, 0.3) is 0 Å². The van der Waals surface area contributed by atoms with Crippen LogP contribution in [0.4, 0.5) is 0 Å². The fourth-order valence-corrected chi connectivity index (χ4v) is 3.15. The van der Waals surface area contributed by atoms with Gasteiger partial charge in [-0.05, 0) is 129 Å². The van der Waals surface area contributed by atoms with Crippen LogP contribution >= 0.6 is 11.6 Å². The minimum absolute atomic E-state index is 0.0741. The molecule has 0 radical (unpaired) electrons. The summed E-state index contributed by atoms with van der Waals surface area (Å²) in [6.45, 7) is 14.8. The number of allylic oxidation sites excluding steroid dienone is 1. The second-order valence-corrected chi connectivity index (χ2v) is 11.2. The molecular formula is C40H35ClO14. The highest BCUT2D eigenvalue weighted by atomic mass is 35.5. The van der Waals surface area contributed by atoms with E-state index in [0.29, 0.717) is 11.3 Å². The number of rotatable bonds is 10. The van der Waals surface area contributed by atoms with Gasteiger partial charge >= 0.3 is 35.8 Å². The zero-order chi connectivity index (χ0) is 41.8. The second-order valence-electron chi connectivity index (χ2n) is 10.8. The van der Waals surface area contributed by atoms with Gasteiger partial charge in [0.1, 0.15) is 23.0 Å². The van der Waals surface area contributed by atoms with Gasteiger partial charge in [-0.3, -0.25) is 4.79 Å². The van der Waals surface area contributed by atoms with E-state index in [1.165, 1.54) is 111 Å². The van der Waals surface area contributed by atoms with Gasteiger partial charge in [0.05, 0.1) is 22.3 Å². The van der Waals surface area contributed by atoms with E-state index in [1.54, 1.807) is 6.92 Å². The van der Waals surface area contributed by atoms with E-state index in [1.807, 2.05) is 0 Å². The number of hydrogen-bond donors (Lipinski definition) is 4. The lowest BCUT2D eigenvalue weighted by Gasteiger charge is -2.06. The number of carboxylic acid groups (broad SMARTS) is 3. The summed E-state index contributed by atoms with van der Waals surface area (Å²) in [5, 5.41) is 34.1. The molecule has 0 saturated carbocycles. The van der Waals surface area contributed by atoms with Crippen LogP contribution in [0.25, 0.3) is 0 Å². The molecule has 0 bridgehead atoms. The molecule has 4 aromatic rings. The van der Waals surface area contributed by atoms with Crippen LogP contribution in [0.15, 0.2) is 134 Å². The first kappa shape index (κ1) is 45.7. The molecule has 0 fully saturated rings. The maximum absolute atomic E-state index is 12.0. The number of carboxylic acids is 3. The number of aromatic hydroxyl groups is 1. The van der Waals surface area contributed by atoms with Gasteiger partial charge < -0.3 is 34.6 Å². The van der Waals surface area contributed by atoms with Crippen LogP contribution in [0.2, 0.25) is 0 Å². The summed E-state index contributed by atoms with van der Waals surface area (Å²) in [5.74, 6) is -3.88. The summed E-state index contributed by atoms with van der Waals surface area (Å²) >= 11 is 4.87. The highest BCUT2D eigenvalue weighted by Crippen LogP contribution is 2.18. The van der Waals surface area contributed by atoms with Crippen molar-refractivity contribution in [2.24, 2.45) is 0 Å². The normalized spacial score (nSPS) is 9.38. The number of halogens is 1. The van der Waals surface area contributed by atoms with Gasteiger partial charge in [0.2, 0.25) is 5.24 Å². The predicted octanol–water partition coefficient (Wildman–Crippen LogP) is 7.37. The van der Waals surface area contributed by atoms with Crippen LogP contribution in [0, 0.1) is 0 Å². The first-order valence-electron chi connectivity index (χ1n) is 15.3. The number of phenolic OH excluding ortho intramolecular Hbond substituents is 1. The van der Waals surface area contributed by atoms with Crippen molar-refractivity contribution < 1.29 is 68.2 Å². The van der Waals surface area contributed by atoms with Gasteiger partial charge in [-0.2, -0.15) is 0 Å². The second kappa shape index (κ2) is 22.6. The molecule has 4 rings (SSSR count). The minimum atomic E-state index is -1.06. The van der Waals surface area contributed by atoms with Gasteiger partial charge in [0.15, 0.2) is 0 Å². The number of aromatic carboxylic acids is 3. The summed E-state index contributed by atoms with van der Waals surface area (Å²) in [4.78, 5) is 75.8. The van der Waals surface area contributed by atoms with Crippen molar-refractivity contribution in [3.8, 4) is 23.0 Å². The Kier molecular flexibility index (Phi) is 18.8. The Morgan fingerprint density at radius 3 is 0.964 bits per heavy atom. The third kappa shape index (κ3) is 17.6. The van der Waals surface area contributed by atoms with Gasteiger partial charge in [0, 0.05) is 16.7 Å². The average molecular weight is 775 g/mol. The lowest BCUT2D eigenvalue weighted by Crippen LogP contribution is -2.10. The van der Waals surface area contributed by atoms with E-state index in [0.717, 1.165) is 0 Å². The Bertz CT molecular complexity index is 2030. The molecule has 0 atom stereocenters. The summed E-state index contributed by atoms with van der Waals surface area (Å²) in [6.07, 6.45) is 0. The van der Waals surface area contributed by atoms with Crippen LogP contribution in [0.1, 0.15) is 62.2 Å². The molecule has 0 amide bonds. The van der Waals surface area contributed by atoms with Crippen LogP contribution < -0.4 is 14.2 Å². The minimum Gasteiger partial charge on any atom is -0.508 e. The number of carbonyl (C=O) groups excluding carboxylic acids is 4. The molecule has 4 aromatic carbocycles. The summed E-state index contributed by atoms with van der Waals surface area (Å²) in [7, 11) is 0. The van der Waals surface area contributed by atoms with E-state index in [2.05, 4.69) is 19.7 Å². The molecule has 0 heterocycles. The first-order chi connectivity index (χ1) is 25.7. The maximum Gasteiger partial charge on any atom is 0.343 e. The van der Waals surface area contributed by atoms with Crippen molar-refractivity contribution in [1.82, 2.24) is 0 Å². The molecule has 0 aliphatic rings. The molecule has 0 aromatic heterocycles. The van der Waals surface area contributed by atoms with Crippen molar-refractivity contribution in [3.63, 3.8) is 0 Å². The van der Waals surface area contributed by atoms with Crippen LogP contribution in [0.3, 0.4) is 0 Å². The van der Waals surface area contributed by atoms with Crippen molar-refractivity contribution in [2.45, 2.75) is 20.8 Å². The molecule has 0 unspecified atom stereocenters. The van der Waals surface area contributed by atoms with E-state index < -0.39 is 41.1 Å². The Morgan fingerprint density at radius 2 is 0.709 bits per heavy atom. The van der Waals surface area contributed by atoms with Crippen molar-refractivity contribution in [3.05, 3.63) is 156 Å². The fraction of sp³-hybridized carbons (Fsp3) is 0.0750. The lowest BCUT2D eigenvalue weighted by molar-refractivity contribution is -0.130. The molecule has 0 aliphatic carbocycles. The zero-order valence-corrected chi connectivity index (χ0v) is 30.4. The number of benzene rings is 4. The summed E-state index contributed by atoms with van der Waals surface area (Å²) < 4.78 is 15.0. The van der Waals surface area contributed by atoms with Crippen LogP contribution in [-0.4, -0.2) is 61.5 Å². The van der Waals surface area contributed by atoms with E-state index >= 15 is 0 Å². The van der Waals surface area contributed by atoms with Crippen molar-refractivity contribution in [2.75, 3.05) is 0 Å². The molecule has 0 saturated heterocycles. The molecule has 4 N–H and O–H groups in total.